The first-order chi connectivity index (χ1) is 8.84. The third-order valence-electron chi connectivity index (χ3n) is 2.35. The van der Waals surface area contributed by atoms with Gasteiger partial charge in [-0.3, -0.25) is 0 Å². The molecule has 0 radical (unpaired) electrons. The SMILES string of the molecule is Cc1ccc(CC(C)Nc2nc(C(F)(F)F)ns2)s1. The summed E-state index contributed by atoms with van der Waals surface area (Å²) in [5.41, 5.74) is 0. The van der Waals surface area contributed by atoms with E-state index in [1.165, 1.54) is 9.75 Å². The van der Waals surface area contributed by atoms with Crippen LogP contribution in [0.15, 0.2) is 12.1 Å². The fourth-order valence-corrected chi connectivity index (χ4v) is 3.27. The molecular weight excluding hydrogens is 295 g/mol. The minimum atomic E-state index is -4.48. The van der Waals surface area contributed by atoms with Gasteiger partial charge in [0.15, 0.2) is 0 Å². The Morgan fingerprint density at radius 1 is 1.37 bits per heavy atom. The van der Waals surface area contributed by atoms with Crippen molar-refractivity contribution < 1.29 is 13.2 Å². The van der Waals surface area contributed by atoms with Crippen molar-refractivity contribution in [1.29, 1.82) is 0 Å². The first kappa shape index (κ1) is 14.3. The highest BCUT2D eigenvalue weighted by molar-refractivity contribution is 7.11. The third kappa shape index (κ3) is 3.90. The molecule has 0 amide bonds. The van der Waals surface area contributed by atoms with Crippen molar-refractivity contribution in [3.63, 3.8) is 0 Å². The van der Waals surface area contributed by atoms with E-state index in [1.807, 2.05) is 26.0 Å². The van der Waals surface area contributed by atoms with Crippen molar-refractivity contribution in [1.82, 2.24) is 9.36 Å². The summed E-state index contributed by atoms with van der Waals surface area (Å²) in [5.74, 6) is -1.08. The molecule has 0 aliphatic carbocycles. The zero-order chi connectivity index (χ0) is 14.0. The summed E-state index contributed by atoms with van der Waals surface area (Å²) in [5, 5.41) is 3.15. The van der Waals surface area contributed by atoms with Crippen molar-refractivity contribution in [3.8, 4) is 0 Å². The molecule has 1 unspecified atom stereocenters. The van der Waals surface area contributed by atoms with Crippen LogP contribution in [0.1, 0.15) is 22.5 Å². The molecule has 2 heterocycles. The molecule has 0 aromatic carbocycles. The maximum absolute atomic E-state index is 12.3. The van der Waals surface area contributed by atoms with Crippen LogP contribution < -0.4 is 5.32 Å². The van der Waals surface area contributed by atoms with Crippen molar-refractivity contribution in [2.75, 3.05) is 5.32 Å². The molecule has 0 saturated carbocycles. The predicted molar refractivity (Wildman–Crippen MR) is 70.8 cm³/mol. The zero-order valence-corrected chi connectivity index (χ0v) is 11.9. The Balaban J connectivity index is 1.95. The molecule has 2 aromatic heterocycles. The maximum atomic E-state index is 12.3. The van der Waals surface area contributed by atoms with E-state index in [0.29, 0.717) is 0 Å². The topological polar surface area (TPSA) is 37.8 Å². The normalized spacial score (nSPS) is 13.5. The molecule has 2 aromatic rings. The van der Waals surface area contributed by atoms with Crippen LogP contribution in [-0.4, -0.2) is 15.4 Å². The van der Waals surface area contributed by atoms with Gasteiger partial charge in [0.25, 0.3) is 0 Å². The summed E-state index contributed by atoms with van der Waals surface area (Å²) < 4.78 is 40.3. The molecule has 1 N–H and O–H groups in total. The van der Waals surface area contributed by atoms with Crippen LogP contribution >= 0.6 is 22.9 Å². The lowest BCUT2D eigenvalue weighted by Crippen LogP contribution is -2.17. The van der Waals surface area contributed by atoms with Crippen LogP contribution in [0, 0.1) is 6.92 Å². The highest BCUT2D eigenvalue weighted by Gasteiger charge is 2.36. The molecule has 2 rings (SSSR count). The summed E-state index contributed by atoms with van der Waals surface area (Å²) in [6.45, 7) is 3.93. The van der Waals surface area contributed by atoms with Gasteiger partial charge in [0.2, 0.25) is 11.0 Å². The Labute approximate surface area is 116 Å². The largest absolute Gasteiger partial charge is 0.452 e. The van der Waals surface area contributed by atoms with Crippen LogP contribution in [0.5, 0.6) is 0 Å². The van der Waals surface area contributed by atoms with Gasteiger partial charge < -0.3 is 5.32 Å². The number of nitrogens with one attached hydrogen (secondary N) is 1. The number of halogens is 3. The monoisotopic (exact) mass is 307 g/mol. The van der Waals surface area contributed by atoms with E-state index in [0.717, 1.165) is 18.0 Å². The molecule has 0 aliphatic rings. The van der Waals surface area contributed by atoms with Gasteiger partial charge in [-0.2, -0.15) is 22.5 Å². The Kier molecular flexibility index (Phi) is 4.10. The van der Waals surface area contributed by atoms with Gasteiger partial charge in [0.1, 0.15) is 0 Å². The second-order valence-electron chi connectivity index (χ2n) is 4.18. The quantitative estimate of drug-likeness (QED) is 0.928. The number of thiophene rings is 1. The van der Waals surface area contributed by atoms with Crippen molar-refractivity contribution >= 4 is 28.0 Å². The lowest BCUT2D eigenvalue weighted by molar-refractivity contribution is -0.144. The van der Waals surface area contributed by atoms with Gasteiger partial charge in [-0.25, -0.2) is 0 Å². The molecule has 0 bridgehead atoms. The van der Waals surface area contributed by atoms with Crippen molar-refractivity contribution in [2.24, 2.45) is 0 Å². The molecule has 1 atom stereocenters. The Morgan fingerprint density at radius 3 is 2.63 bits per heavy atom. The van der Waals surface area contributed by atoms with Gasteiger partial charge >= 0.3 is 6.18 Å². The summed E-state index contributed by atoms with van der Waals surface area (Å²) in [4.78, 5) is 5.86. The van der Waals surface area contributed by atoms with Crippen LogP contribution in [0.3, 0.4) is 0 Å². The summed E-state index contributed by atoms with van der Waals surface area (Å²) in [6.07, 6.45) is -3.73. The van der Waals surface area contributed by atoms with E-state index in [-0.39, 0.29) is 11.2 Å². The molecule has 0 spiro atoms. The van der Waals surface area contributed by atoms with E-state index in [9.17, 15) is 13.2 Å². The molecule has 8 heteroatoms. The maximum Gasteiger partial charge on any atom is 0.452 e. The average Bonchev–Trinajstić information content (AvgIpc) is 2.87. The average molecular weight is 307 g/mol. The molecule has 104 valence electrons. The second-order valence-corrected chi connectivity index (χ2v) is 6.31. The lowest BCUT2D eigenvalue weighted by atomic mass is 10.2. The second kappa shape index (κ2) is 5.46. The standard InChI is InChI=1S/C11H12F3N3S2/c1-6(5-8-4-3-7(2)18-8)15-10-16-9(17-19-10)11(12,13)14/h3-4,6H,5H2,1-2H3,(H,15,16,17). The van der Waals surface area contributed by atoms with Crippen LogP contribution in [0.25, 0.3) is 0 Å². The molecule has 3 nitrogen and oxygen atoms in total. The first-order valence-corrected chi connectivity index (χ1v) is 7.16. The summed E-state index contributed by atoms with van der Waals surface area (Å²) >= 11 is 2.42. The van der Waals surface area contributed by atoms with Gasteiger partial charge in [0.05, 0.1) is 0 Å². The van der Waals surface area contributed by atoms with E-state index >= 15 is 0 Å². The number of hydrogen-bond donors (Lipinski definition) is 1. The minimum absolute atomic E-state index is 0.00656. The number of rotatable bonds is 4. The summed E-state index contributed by atoms with van der Waals surface area (Å²) in [7, 11) is 0. The van der Waals surface area contributed by atoms with Crippen LogP contribution in [0.2, 0.25) is 0 Å². The van der Waals surface area contributed by atoms with Crippen LogP contribution in [0.4, 0.5) is 18.3 Å². The Bertz CT molecular complexity index is 547. The van der Waals surface area contributed by atoms with E-state index < -0.39 is 12.0 Å². The smallest absolute Gasteiger partial charge is 0.357 e. The van der Waals surface area contributed by atoms with Gasteiger partial charge in [-0.05, 0) is 26.0 Å². The lowest BCUT2D eigenvalue weighted by Gasteiger charge is -2.10. The highest BCUT2D eigenvalue weighted by Crippen LogP contribution is 2.29. The third-order valence-corrected chi connectivity index (χ3v) is 4.02. The molecule has 19 heavy (non-hydrogen) atoms. The van der Waals surface area contributed by atoms with Gasteiger partial charge in [-0.1, -0.05) is 0 Å². The minimum Gasteiger partial charge on any atom is -0.357 e. The number of anilines is 1. The highest BCUT2D eigenvalue weighted by atomic mass is 32.1. The van der Waals surface area contributed by atoms with E-state index in [1.54, 1.807) is 11.3 Å². The molecular formula is C11H12F3N3S2. The number of nitrogens with zero attached hydrogens (tertiary/aromatic N) is 2. The van der Waals surface area contributed by atoms with Gasteiger partial charge in [0, 0.05) is 33.7 Å². The molecule has 0 fully saturated rings. The number of aromatic nitrogens is 2. The zero-order valence-electron chi connectivity index (χ0n) is 10.3. The Morgan fingerprint density at radius 2 is 2.11 bits per heavy atom. The Hall–Kier alpha value is -1.15. The fourth-order valence-electron chi connectivity index (χ4n) is 1.56. The van der Waals surface area contributed by atoms with Crippen molar-refractivity contribution in [3.05, 3.63) is 27.7 Å². The molecule has 0 saturated heterocycles. The first-order valence-electron chi connectivity index (χ1n) is 5.57. The van der Waals surface area contributed by atoms with E-state index in [4.69, 9.17) is 0 Å². The number of hydrogen-bond acceptors (Lipinski definition) is 5. The summed E-state index contributed by atoms with van der Waals surface area (Å²) in [6, 6.07) is 4.06. The van der Waals surface area contributed by atoms with E-state index in [2.05, 4.69) is 14.7 Å². The van der Waals surface area contributed by atoms with Crippen molar-refractivity contribution in [2.45, 2.75) is 32.5 Å². The number of alkyl halides is 3. The fraction of sp³-hybridized carbons (Fsp3) is 0.455. The van der Waals surface area contributed by atoms with Gasteiger partial charge in [-0.15, -0.1) is 11.3 Å². The number of aryl methyl sites for hydroxylation is 1. The molecule has 0 aliphatic heterocycles. The van der Waals surface area contributed by atoms with Crippen LogP contribution in [-0.2, 0) is 12.6 Å². The predicted octanol–water partition coefficient (Wildman–Crippen LogP) is 3.97.